The highest BCUT2D eigenvalue weighted by Gasteiger charge is 2.49. The summed E-state index contributed by atoms with van der Waals surface area (Å²) in [5.41, 5.74) is -0.408. The van der Waals surface area contributed by atoms with Crippen molar-refractivity contribution in [3.8, 4) is 0 Å². The Bertz CT molecular complexity index is 173. The Labute approximate surface area is 73.2 Å². The Morgan fingerprint density at radius 3 is 2.50 bits per heavy atom. The maximum atomic E-state index is 10.7. The van der Waals surface area contributed by atoms with Gasteiger partial charge in [0, 0.05) is 6.54 Å². The van der Waals surface area contributed by atoms with Crippen molar-refractivity contribution in [1.82, 2.24) is 5.32 Å². The third-order valence-electron chi connectivity index (χ3n) is 2.32. The van der Waals surface area contributed by atoms with E-state index in [1.54, 1.807) is 0 Å². The molecule has 0 atom stereocenters. The number of hydrogen-bond donors (Lipinski definition) is 2. The molecule has 0 spiro atoms. The number of carbonyl (C=O) groups is 1. The Kier molecular flexibility index (Phi) is 2.73. The Morgan fingerprint density at radius 1 is 1.58 bits per heavy atom. The fourth-order valence-electron chi connectivity index (χ4n) is 1.22. The topological polar surface area (TPSA) is 49.3 Å². The number of hydrogen-bond acceptors (Lipinski definition) is 2. The van der Waals surface area contributed by atoms with Gasteiger partial charge in [-0.05, 0) is 25.3 Å². The average Bonchev–Trinajstić information content (AvgIpc) is 2.68. The molecule has 1 aliphatic rings. The maximum absolute atomic E-state index is 10.7. The molecule has 3 nitrogen and oxygen atoms in total. The van der Waals surface area contributed by atoms with Crippen molar-refractivity contribution in [2.24, 2.45) is 11.3 Å². The minimum atomic E-state index is -0.640. The first-order chi connectivity index (χ1) is 5.57. The minimum absolute atomic E-state index is 0.408. The van der Waals surface area contributed by atoms with Crippen LogP contribution in [0.3, 0.4) is 0 Å². The van der Waals surface area contributed by atoms with Gasteiger partial charge in [0.1, 0.15) is 0 Å². The molecule has 3 heteroatoms. The predicted octanol–water partition coefficient (Wildman–Crippen LogP) is 1.10. The Balaban J connectivity index is 2.19. The molecule has 0 aromatic rings. The second-order valence-electron chi connectivity index (χ2n) is 4.11. The van der Waals surface area contributed by atoms with E-state index < -0.39 is 11.4 Å². The zero-order chi connectivity index (χ0) is 9.19. The van der Waals surface area contributed by atoms with Crippen LogP contribution in [0.2, 0.25) is 0 Å². The highest BCUT2D eigenvalue weighted by atomic mass is 16.4. The molecule has 2 N–H and O–H groups in total. The summed E-state index contributed by atoms with van der Waals surface area (Å²) in [6, 6.07) is 0. The van der Waals surface area contributed by atoms with Crippen molar-refractivity contribution in [2.45, 2.75) is 26.7 Å². The third-order valence-corrected chi connectivity index (χ3v) is 2.32. The molecule has 0 aliphatic heterocycles. The largest absolute Gasteiger partial charge is 0.481 e. The van der Waals surface area contributed by atoms with Gasteiger partial charge in [0.15, 0.2) is 0 Å². The number of carboxylic acids is 1. The molecule has 70 valence electrons. The summed E-state index contributed by atoms with van der Waals surface area (Å²) in [5, 5.41) is 12.0. The highest BCUT2D eigenvalue weighted by molar-refractivity contribution is 5.78. The third kappa shape index (κ3) is 2.21. The number of carboxylic acid groups (broad SMARTS) is 1. The highest BCUT2D eigenvalue weighted by Crippen LogP contribution is 2.45. The number of nitrogens with one attached hydrogen (secondary N) is 1. The molecule has 0 amide bonds. The van der Waals surface area contributed by atoms with Gasteiger partial charge in [0.05, 0.1) is 5.41 Å². The molecule has 0 radical (unpaired) electrons. The van der Waals surface area contributed by atoms with Crippen LogP contribution in [0.5, 0.6) is 0 Å². The summed E-state index contributed by atoms with van der Waals surface area (Å²) in [5.74, 6) is -0.0478. The molecule has 0 heterocycles. The van der Waals surface area contributed by atoms with Gasteiger partial charge in [-0.1, -0.05) is 13.8 Å². The molecule has 0 saturated heterocycles. The van der Waals surface area contributed by atoms with Crippen LogP contribution in [0.15, 0.2) is 0 Å². The van der Waals surface area contributed by atoms with E-state index in [9.17, 15) is 4.79 Å². The fourth-order valence-corrected chi connectivity index (χ4v) is 1.22. The molecule has 0 aromatic carbocycles. The zero-order valence-corrected chi connectivity index (χ0v) is 7.76. The zero-order valence-electron chi connectivity index (χ0n) is 7.76. The molecule has 0 unspecified atom stereocenters. The van der Waals surface area contributed by atoms with Gasteiger partial charge in [-0.25, -0.2) is 0 Å². The van der Waals surface area contributed by atoms with Crippen molar-refractivity contribution in [3.05, 3.63) is 0 Å². The van der Waals surface area contributed by atoms with Crippen molar-refractivity contribution >= 4 is 5.97 Å². The number of aliphatic carboxylic acids is 1. The van der Waals surface area contributed by atoms with Crippen LogP contribution in [0.1, 0.15) is 26.7 Å². The van der Waals surface area contributed by atoms with Gasteiger partial charge in [-0.3, -0.25) is 4.79 Å². The van der Waals surface area contributed by atoms with Crippen LogP contribution in [-0.4, -0.2) is 24.2 Å². The van der Waals surface area contributed by atoms with Gasteiger partial charge < -0.3 is 10.4 Å². The van der Waals surface area contributed by atoms with Gasteiger partial charge in [0.2, 0.25) is 0 Å². The first kappa shape index (κ1) is 9.52. The van der Waals surface area contributed by atoms with E-state index in [0.29, 0.717) is 12.5 Å². The van der Waals surface area contributed by atoms with E-state index in [1.807, 2.05) is 0 Å². The molecule has 0 bridgehead atoms. The van der Waals surface area contributed by atoms with E-state index in [4.69, 9.17) is 5.11 Å². The van der Waals surface area contributed by atoms with E-state index in [-0.39, 0.29) is 0 Å². The fraction of sp³-hybridized carbons (Fsp3) is 0.889. The van der Waals surface area contributed by atoms with E-state index in [1.165, 1.54) is 0 Å². The van der Waals surface area contributed by atoms with Crippen molar-refractivity contribution < 1.29 is 9.90 Å². The minimum Gasteiger partial charge on any atom is -0.481 e. The van der Waals surface area contributed by atoms with Gasteiger partial charge in [-0.2, -0.15) is 0 Å². The summed E-state index contributed by atoms with van der Waals surface area (Å²) in [6.07, 6.45) is 1.68. The van der Waals surface area contributed by atoms with Gasteiger partial charge in [0.25, 0.3) is 0 Å². The molecular weight excluding hydrogens is 154 g/mol. The molecule has 1 saturated carbocycles. The van der Waals surface area contributed by atoms with Crippen LogP contribution >= 0.6 is 0 Å². The Hall–Kier alpha value is -0.570. The SMILES string of the molecule is CC(C)CNCC1(C(=O)O)CC1. The Morgan fingerprint density at radius 2 is 2.17 bits per heavy atom. The summed E-state index contributed by atoms with van der Waals surface area (Å²) in [6.45, 7) is 5.79. The summed E-state index contributed by atoms with van der Waals surface area (Å²) in [4.78, 5) is 10.7. The normalized spacial score (nSPS) is 19.6. The smallest absolute Gasteiger partial charge is 0.310 e. The monoisotopic (exact) mass is 171 g/mol. The average molecular weight is 171 g/mol. The lowest BCUT2D eigenvalue weighted by molar-refractivity contribution is -0.143. The van der Waals surface area contributed by atoms with E-state index >= 15 is 0 Å². The first-order valence-electron chi connectivity index (χ1n) is 4.51. The van der Waals surface area contributed by atoms with Crippen LogP contribution in [0.4, 0.5) is 0 Å². The standard InChI is InChI=1S/C9H17NO2/c1-7(2)5-10-6-9(3-4-9)8(11)12/h7,10H,3-6H2,1-2H3,(H,11,12). The lowest BCUT2D eigenvalue weighted by Crippen LogP contribution is -2.32. The summed E-state index contributed by atoms with van der Waals surface area (Å²) >= 11 is 0. The lowest BCUT2D eigenvalue weighted by Gasteiger charge is -2.12. The van der Waals surface area contributed by atoms with Crippen molar-refractivity contribution in [2.75, 3.05) is 13.1 Å². The van der Waals surface area contributed by atoms with Crippen LogP contribution < -0.4 is 5.32 Å². The number of rotatable bonds is 5. The summed E-state index contributed by atoms with van der Waals surface area (Å²) in [7, 11) is 0. The van der Waals surface area contributed by atoms with E-state index in [0.717, 1.165) is 19.4 Å². The summed E-state index contributed by atoms with van der Waals surface area (Å²) < 4.78 is 0. The molecule has 1 aliphatic carbocycles. The second kappa shape index (κ2) is 3.44. The second-order valence-corrected chi connectivity index (χ2v) is 4.11. The maximum Gasteiger partial charge on any atom is 0.310 e. The lowest BCUT2D eigenvalue weighted by atomic mass is 10.1. The molecular formula is C9H17NO2. The van der Waals surface area contributed by atoms with Crippen molar-refractivity contribution in [1.29, 1.82) is 0 Å². The van der Waals surface area contributed by atoms with Gasteiger partial charge >= 0.3 is 5.97 Å². The van der Waals surface area contributed by atoms with Crippen LogP contribution in [0, 0.1) is 11.3 Å². The first-order valence-corrected chi connectivity index (χ1v) is 4.51. The predicted molar refractivity (Wildman–Crippen MR) is 47.0 cm³/mol. The molecule has 12 heavy (non-hydrogen) atoms. The van der Waals surface area contributed by atoms with Crippen molar-refractivity contribution in [3.63, 3.8) is 0 Å². The quantitative estimate of drug-likeness (QED) is 0.651. The molecule has 1 fully saturated rings. The molecule has 0 aromatic heterocycles. The van der Waals surface area contributed by atoms with Gasteiger partial charge in [-0.15, -0.1) is 0 Å². The van der Waals surface area contributed by atoms with Crippen LogP contribution in [-0.2, 0) is 4.79 Å². The molecule has 1 rings (SSSR count). The van der Waals surface area contributed by atoms with Crippen LogP contribution in [0.25, 0.3) is 0 Å². The van der Waals surface area contributed by atoms with E-state index in [2.05, 4.69) is 19.2 Å².